The maximum absolute atomic E-state index is 11.0. The number of hydrogen-bond donors (Lipinski definition) is 1. The summed E-state index contributed by atoms with van der Waals surface area (Å²) in [6.07, 6.45) is 3.88. The lowest BCUT2D eigenvalue weighted by molar-refractivity contribution is 0.0696. The third kappa shape index (κ3) is 2.75. The van der Waals surface area contributed by atoms with E-state index in [0.29, 0.717) is 5.56 Å². The Morgan fingerprint density at radius 2 is 2.24 bits per heavy atom. The molecule has 1 N–H and O–H groups in total. The van der Waals surface area contributed by atoms with Crippen LogP contribution in [0.1, 0.15) is 35.3 Å². The molecule has 1 aliphatic rings. The maximum atomic E-state index is 11.0. The summed E-state index contributed by atoms with van der Waals surface area (Å²) in [4.78, 5) is 17.4. The number of aryl methyl sites for hydroxylation is 1. The second kappa shape index (κ2) is 4.73. The minimum absolute atomic E-state index is 0.313. The van der Waals surface area contributed by atoms with Crippen molar-refractivity contribution < 1.29 is 9.90 Å². The normalized spacial score (nSPS) is 15.4. The van der Waals surface area contributed by atoms with E-state index in [-0.39, 0.29) is 0 Å². The molecule has 0 saturated heterocycles. The van der Waals surface area contributed by atoms with E-state index < -0.39 is 5.97 Å². The lowest BCUT2D eigenvalue weighted by Gasteiger charge is -2.30. The summed E-state index contributed by atoms with van der Waals surface area (Å²) in [5, 5.41) is 9.01. The molecule has 17 heavy (non-hydrogen) atoms. The molecule has 1 heterocycles. The van der Waals surface area contributed by atoms with Gasteiger partial charge in [0.2, 0.25) is 0 Å². The Morgan fingerprint density at radius 1 is 1.53 bits per heavy atom. The number of aromatic carboxylic acids is 1. The van der Waals surface area contributed by atoms with Crippen molar-refractivity contribution in [3.63, 3.8) is 0 Å². The van der Waals surface area contributed by atoms with Crippen LogP contribution in [-0.4, -0.2) is 29.7 Å². The van der Waals surface area contributed by atoms with Gasteiger partial charge in [-0.25, -0.2) is 9.78 Å². The fourth-order valence-corrected chi connectivity index (χ4v) is 2.13. The van der Waals surface area contributed by atoms with E-state index >= 15 is 0 Å². The number of nitrogens with zero attached hydrogens (tertiary/aromatic N) is 2. The van der Waals surface area contributed by atoms with Crippen molar-refractivity contribution in [1.29, 1.82) is 0 Å². The summed E-state index contributed by atoms with van der Waals surface area (Å²) in [5.74, 6) is 0.610. The van der Waals surface area contributed by atoms with Gasteiger partial charge in [0.25, 0.3) is 0 Å². The van der Waals surface area contributed by atoms with Gasteiger partial charge in [0.05, 0.1) is 5.56 Å². The fraction of sp³-hybridized carbons (Fsp3) is 0.538. The van der Waals surface area contributed by atoms with Crippen LogP contribution in [0.4, 0.5) is 5.82 Å². The van der Waals surface area contributed by atoms with Crippen LogP contribution in [0.15, 0.2) is 12.1 Å². The third-order valence-corrected chi connectivity index (χ3v) is 3.33. The SMILES string of the molecule is Cc1cc(C(=O)O)cc(N(C)CC2CCC2)n1. The molecule has 2 rings (SSSR count). The van der Waals surface area contributed by atoms with Crippen molar-refractivity contribution in [2.24, 2.45) is 5.92 Å². The third-order valence-electron chi connectivity index (χ3n) is 3.33. The van der Waals surface area contributed by atoms with Gasteiger partial charge in [0.1, 0.15) is 5.82 Å². The summed E-state index contributed by atoms with van der Waals surface area (Å²) in [6, 6.07) is 3.25. The molecule has 1 aromatic rings. The topological polar surface area (TPSA) is 53.4 Å². The lowest BCUT2D eigenvalue weighted by atomic mass is 9.85. The van der Waals surface area contributed by atoms with E-state index in [1.807, 2.05) is 14.0 Å². The molecule has 0 unspecified atom stereocenters. The molecule has 1 aliphatic carbocycles. The molecule has 0 atom stereocenters. The predicted octanol–water partition coefficient (Wildman–Crippen LogP) is 2.32. The summed E-state index contributed by atoms with van der Waals surface area (Å²) < 4.78 is 0. The number of carboxylic acids is 1. The van der Waals surface area contributed by atoms with Crippen molar-refractivity contribution in [1.82, 2.24) is 4.98 Å². The smallest absolute Gasteiger partial charge is 0.335 e. The number of anilines is 1. The average molecular weight is 234 g/mol. The number of carboxylic acid groups (broad SMARTS) is 1. The Bertz CT molecular complexity index is 427. The summed E-state index contributed by atoms with van der Waals surface area (Å²) in [6.45, 7) is 2.79. The van der Waals surface area contributed by atoms with E-state index in [4.69, 9.17) is 5.11 Å². The van der Waals surface area contributed by atoms with E-state index in [2.05, 4.69) is 9.88 Å². The second-order valence-corrected chi connectivity index (χ2v) is 4.84. The molecular weight excluding hydrogens is 216 g/mol. The van der Waals surface area contributed by atoms with Crippen molar-refractivity contribution in [3.8, 4) is 0 Å². The van der Waals surface area contributed by atoms with Gasteiger partial charge < -0.3 is 10.0 Å². The number of carbonyl (C=O) groups is 1. The van der Waals surface area contributed by atoms with Crippen LogP contribution in [-0.2, 0) is 0 Å². The van der Waals surface area contributed by atoms with Crippen LogP contribution in [0.3, 0.4) is 0 Å². The van der Waals surface area contributed by atoms with Crippen molar-refractivity contribution >= 4 is 11.8 Å². The molecule has 0 radical (unpaired) electrons. The number of pyridine rings is 1. The number of rotatable bonds is 4. The van der Waals surface area contributed by atoms with Gasteiger partial charge in [-0.2, -0.15) is 0 Å². The van der Waals surface area contributed by atoms with Gasteiger partial charge in [-0.1, -0.05) is 6.42 Å². The molecule has 0 amide bonds. The van der Waals surface area contributed by atoms with Crippen molar-refractivity contribution in [2.75, 3.05) is 18.5 Å². The van der Waals surface area contributed by atoms with E-state index in [1.54, 1.807) is 12.1 Å². The van der Waals surface area contributed by atoms with Crippen molar-refractivity contribution in [3.05, 3.63) is 23.4 Å². The van der Waals surface area contributed by atoms with E-state index in [9.17, 15) is 4.79 Å². The predicted molar refractivity (Wildman–Crippen MR) is 66.5 cm³/mol. The van der Waals surface area contributed by atoms with Crippen LogP contribution >= 0.6 is 0 Å². The van der Waals surface area contributed by atoms with Crippen LogP contribution in [0.2, 0.25) is 0 Å². The minimum atomic E-state index is -0.895. The Kier molecular flexibility index (Phi) is 3.31. The molecular formula is C13H18N2O2. The van der Waals surface area contributed by atoms with Crippen LogP contribution in [0.5, 0.6) is 0 Å². The highest BCUT2D eigenvalue weighted by Gasteiger charge is 2.20. The Morgan fingerprint density at radius 3 is 2.76 bits per heavy atom. The first-order chi connectivity index (χ1) is 8.06. The number of aromatic nitrogens is 1. The van der Waals surface area contributed by atoms with Crippen LogP contribution in [0.25, 0.3) is 0 Å². The first-order valence-corrected chi connectivity index (χ1v) is 5.99. The number of hydrogen-bond acceptors (Lipinski definition) is 3. The van der Waals surface area contributed by atoms with Crippen LogP contribution < -0.4 is 4.90 Å². The molecule has 1 aromatic heterocycles. The first-order valence-electron chi connectivity index (χ1n) is 5.99. The summed E-state index contributed by atoms with van der Waals surface area (Å²) in [5.41, 5.74) is 1.06. The zero-order valence-corrected chi connectivity index (χ0v) is 10.3. The highest BCUT2D eigenvalue weighted by molar-refractivity contribution is 5.88. The van der Waals surface area contributed by atoms with Gasteiger partial charge in [0, 0.05) is 19.3 Å². The monoisotopic (exact) mass is 234 g/mol. The quantitative estimate of drug-likeness (QED) is 0.868. The Labute approximate surface area is 101 Å². The Balaban J connectivity index is 2.15. The van der Waals surface area contributed by atoms with E-state index in [1.165, 1.54) is 19.3 Å². The summed E-state index contributed by atoms with van der Waals surface area (Å²) in [7, 11) is 1.98. The van der Waals surface area contributed by atoms with Gasteiger partial charge >= 0.3 is 5.97 Å². The molecule has 0 aromatic carbocycles. The Hall–Kier alpha value is -1.58. The standard InChI is InChI=1S/C13H18N2O2/c1-9-6-11(13(16)17)7-12(14-9)15(2)8-10-4-3-5-10/h6-7,10H,3-5,8H2,1-2H3,(H,16,17). The molecule has 1 fully saturated rings. The molecule has 4 nitrogen and oxygen atoms in total. The minimum Gasteiger partial charge on any atom is -0.478 e. The highest BCUT2D eigenvalue weighted by atomic mass is 16.4. The molecule has 1 saturated carbocycles. The van der Waals surface area contributed by atoms with Gasteiger partial charge in [-0.05, 0) is 37.8 Å². The van der Waals surface area contributed by atoms with Crippen LogP contribution in [0, 0.1) is 12.8 Å². The summed E-state index contributed by atoms with van der Waals surface area (Å²) >= 11 is 0. The molecule has 92 valence electrons. The fourth-order valence-electron chi connectivity index (χ4n) is 2.13. The van der Waals surface area contributed by atoms with Gasteiger partial charge in [0.15, 0.2) is 0 Å². The second-order valence-electron chi connectivity index (χ2n) is 4.84. The molecule has 0 aliphatic heterocycles. The van der Waals surface area contributed by atoms with E-state index in [0.717, 1.165) is 24.0 Å². The van der Waals surface area contributed by atoms with Crippen molar-refractivity contribution in [2.45, 2.75) is 26.2 Å². The van der Waals surface area contributed by atoms with Gasteiger partial charge in [-0.3, -0.25) is 0 Å². The first kappa shape index (κ1) is 11.9. The van der Waals surface area contributed by atoms with Gasteiger partial charge in [-0.15, -0.1) is 0 Å². The average Bonchev–Trinajstić information content (AvgIpc) is 2.22. The molecule has 0 spiro atoms. The molecule has 4 heteroatoms. The maximum Gasteiger partial charge on any atom is 0.335 e. The zero-order chi connectivity index (χ0) is 12.4. The largest absolute Gasteiger partial charge is 0.478 e. The molecule has 0 bridgehead atoms. The lowest BCUT2D eigenvalue weighted by Crippen LogP contribution is -2.30. The zero-order valence-electron chi connectivity index (χ0n) is 10.3. The highest BCUT2D eigenvalue weighted by Crippen LogP contribution is 2.28.